The minimum atomic E-state index is 0.209. The van der Waals surface area contributed by atoms with Gasteiger partial charge in [0.15, 0.2) is 0 Å². The number of hydrogen-bond donors (Lipinski definition) is 0. The number of Topliss-reactive ketones (excluding diaryl/α,β-unsaturated/α-hetero) is 1. The highest BCUT2D eigenvalue weighted by Crippen LogP contribution is 2.49. The summed E-state index contributed by atoms with van der Waals surface area (Å²) >= 11 is 0. The number of rotatable bonds is 2. The minimum absolute atomic E-state index is 0.209. The van der Waals surface area contributed by atoms with Gasteiger partial charge in [0.1, 0.15) is 5.78 Å². The van der Waals surface area contributed by atoms with Gasteiger partial charge < -0.3 is 4.74 Å². The molecular weight excluding hydrogens is 188 g/mol. The lowest BCUT2D eigenvalue weighted by molar-refractivity contribution is -0.137. The van der Waals surface area contributed by atoms with Crippen LogP contribution in [0.1, 0.15) is 58.8 Å². The van der Waals surface area contributed by atoms with E-state index in [2.05, 4.69) is 13.8 Å². The molecule has 2 nitrogen and oxygen atoms in total. The highest BCUT2D eigenvalue weighted by molar-refractivity contribution is 5.80. The van der Waals surface area contributed by atoms with Gasteiger partial charge in [-0.3, -0.25) is 4.79 Å². The van der Waals surface area contributed by atoms with E-state index in [9.17, 15) is 4.79 Å². The van der Waals surface area contributed by atoms with E-state index in [1.165, 1.54) is 25.7 Å². The lowest BCUT2D eigenvalue weighted by Crippen LogP contribution is -2.42. The predicted molar refractivity (Wildman–Crippen MR) is 59.8 cm³/mol. The fourth-order valence-corrected chi connectivity index (χ4v) is 3.25. The summed E-state index contributed by atoms with van der Waals surface area (Å²) < 4.78 is 5.98. The highest BCUT2D eigenvalue weighted by atomic mass is 16.5. The Balaban J connectivity index is 2.09. The van der Waals surface area contributed by atoms with E-state index in [0.717, 1.165) is 12.8 Å². The minimum Gasteiger partial charge on any atom is -0.375 e. The third-order valence-electron chi connectivity index (χ3n) is 4.03. The van der Waals surface area contributed by atoms with Crippen LogP contribution in [0.4, 0.5) is 0 Å². The van der Waals surface area contributed by atoms with Gasteiger partial charge in [-0.15, -0.1) is 0 Å². The Morgan fingerprint density at radius 2 is 1.93 bits per heavy atom. The first-order valence-corrected chi connectivity index (χ1v) is 6.29. The quantitative estimate of drug-likeness (QED) is 0.700. The van der Waals surface area contributed by atoms with Gasteiger partial charge in [0, 0.05) is 12.8 Å². The molecule has 2 aliphatic rings. The largest absolute Gasteiger partial charge is 0.375 e. The normalized spacial score (nSPS) is 30.3. The first kappa shape index (κ1) is 11.1. The maximum Gasteiger partial charge on any atom is 0.135 e. The average Bonchev–Trinajstić information content (AvgIpc) is 2.61. The fraction of sp³-hybridized carbons (Fsp3) is 0.923. The van der Waals surface area contributed by atoms with Crippen LogP contribution in [0.25, 0.3) is 0 Å². The van der Waals surface area contributed by atoms with Crippen molar-refractivity contribution in [2.45, 2.75) is 71.0 Å². The second kappa shape index (κ2) is 4.25. The van der Waals surface area contributed by atoms with Crippen LogP contribution in [-0.4, -0.2) is 18.0 Å². The molecule has 2 heteroatoms. The summed E-state index contributed by atoms with van der Waals surface area (Å²) in [5, 5.41) is 0. The van der Waals surface area contributed by atoms with Crippen molar-refractivity contribution >= 4 is 5.78 Å². The summed E-state index contributed by atoms with van der Waals surface area (Å²) in [5.41, 5.74) is 0.359. The Hall–Kier alpha value is -0.370. The fourth-order valence-electron chi connectivity index (χ4n) is 3.25. The molecule has 86 valence electrons. The van der Waals surface area contributed by atoms with Crippen LogP contribution in [0.5, 0.6) is 0 Å². The Morgan fingerprint density at radius 3 is 2.53 bits per heavy atom. The van der Waals surface area contributed by atoms with Crippen molar-refractivity contribution in [3.8, 4) is 0 Å². The molecule has 2 rings (SSSR count). The number of carbonyl (C=O) groups is 1. The third-order valence-corrected chi connectivity index (χ3v) is 4.03. The summed E-state index contributed by atoms with van der Waals surface area (Å²) in [7, 11) is 0. The van der Waals surface area contributed by atoms with Gasteiger partial charge in [0.25, 0.3) is 0 Å². The van der Waals surface area contributed by atoms with Gasteiger partial charge in [0.05, 0.1) is 12.2 Å². The van der Waals surface area contributed by atoms with Crippen molar-refractivity contribution in [2.24, 2.45) is 5.41 Å². The molecule has 2 saturated carbocycles. The second-order valence-corrected chi connectivity index (χ2v) is 5.49. The molecule has 2 aliphatic carbocycles. The summed E-state index contributed by atoms with van der Waals surface area (Å²) in [6.45, 7) is 4.14. The molecule has 0 bridgehead atoms. The Kier molecular flexibility index (Phi) is 3.15. The summed E-state index contributed by atoms with van der Waals surface area (Å²) in [5.74, 6) is 0.401. The zero-order valence-electron chi connectivity index (χ0n) is 9.92. The zero-order valence-corrected chi connectivity index (χ0v) is 9.92. The number of ketones is 1. The van der Waals surface area contributed by atoms with Gasteiger partial charge in [-0.05, 0) is 38.5 Å². The van der Waals surface area contributed by atoms with Crippen molar-refractivity contribution in [3.05, 3.63) is 0 Å². The lowest BCUT2D eigenvalue weighted by Gasteiger charge is -2.41. The zero-order chi connectivity index (χ0) is 10.9. The van der Waals surface area contributed by atoms with E-state index in [1.807, 2.05) is 0 Å². The topological polar surface area (TPSA) is 26.3 Å². The first-order valence-electron chi connectivity index (χ1n) is 6.29. The summed E-state index contributed by atoms with van der Waals surface area (Å²) in [6, 6.07) is 0. The molecule has 0 saturated heterocycles. The molecule has 0 aromatic rings. The molecule has 0 aromatic heterocycles. The van der Waals surface area contributed by atoms with Gasteiger partial charge in [-0.2, -0.15) is 0 Å². The van der Waals surface area contributed by atoms with Gasteiger partial charge in [-0.25, -0.2) is 0 Å². The van der Waals surface area contributed by atoms with Crippen molar-refractivity contribution in [1.29, 1.82) is 0 Å². The van der Waals surface area contributed by atoms with Crippen LogP contribution < -0.4 is 0 Å². The van der Waals surface area contributed by atoms with E-state index in [4.69, 9.17) is 4.74 Å². The molecule has 15 heavy (non-hydrogen) atoms. The molecule has 1 spiro atoms. The van der Waals surface area contributed by atoms with Gasteiger partial charge in [-0.1, -0.05) is 12.8 Å². The van der Waals surface area contributed by atoms with E-state index in [-0.39, 0.29) is 12.2 Å². The molecule has 0 N–H and O–H groups in total. The number of carbonyl (C=O) groups excluding carboxylic acids is 1. The van der Waals surface area contributed by atoms with Crippen molar-refractivity contribution in [3.63, 3.8) is 0 Å². The monoisotopic (exact) mass is 210 g/mol. The van der Waals surface area contributed by atoms with Crippen LogP contribution in [-0.2, 0) is 9.53 Å². The molecule has 1 atom stereocenters. The Labute approximate surface area is 92.4 Å². The lowest BCUT2D eigenvalue weighted by atomic mass is 9.70. The highest BCUT2D eigenvalue weighted by Gasteiger charge is 2.45. The number of hydrogen-bond acceptors (Lipinski definition) is 2. The predicted octanol–water partition coefficient (Wildman–Crippen LogP) is 3.09. The van der Waals surface area contributed by atoms with Crippen molar-refractivity contribution in [2.75, 3.05) is 0 Å². The van der Waals surface area contributed by atoms with E-state index in [1.54, 1.807) is 0 Å². The van der Waals surface area contributed by atoms with E-state index >= 15 is 0 Å². The van der Waals surface area contributed by atoms with Gasteiger partial charge in [0.2, 0.25) is 0 Å². The maximum atomic E-state index is 11.5. The van der Waals surface area contributed by atoms with E-state index in [0.29, 0.717) is 17.6 Å². The summed E-state index contributed by atoms with van der Waals surface area (Å²) in [6.07, 6.45) is 8.19. The number of ether oxygens (including phenoxy) is 1. The second-order valence-electron chi connectivity index (χ2n) is 5.49. The van der Waals surface area contributed by atoms with Crippen LogP contribution in [0.15, 0.2) is 0 Å². The average molecular weight is 210 g/mol. The Bertz CT molecular complexity index is 239. The molecular formula is C13H22O2. The van der Waals surface area contributed by atoms with Crippen LogP contribution >= 0.6 is 0 Å². The molecule has 1 unspecified atom stereocenters. The molecule has 0 heterocycles. The molecule has 2 fully saturated rings. The maximum absolute atomic E-state index is 11.5. The molecule has 0 radical (unpaired) electrons. The molecule has 0 aliphatic heterocycles. The SMILES string of the molecule is CC(C)OC1CC(=O)CCC12CCCC2. The molecule has 0 amide bonds. The van der Waals surface area contributed by atoms with Crippen molar-refractivity contribution in [1.82, 2.24) is 0 Å². The summed E-state index contributed by atoms with van der Waals surface area (Å²) in [4.78, 5) is 11.5. The van der Waals surface area contributed by atoms with E-state index < -0.39 is 0 Å². The molecule has 0 aromatic carbocycles. The third kappa shape index (κ3) is 2.25. The van der Waals surface area contributed by atoms with Crippen molar-refractivity contribution < 1.29 is 9.53 Å². The van der Waals surface area contributed by atoms with Gasteiger partial charge >= 0.3 is 0 Å². The smallest absolute Gasteiger partial charge is 0.135 e. The first-order chi connectivity index (χ1) is 7.12. The standard InChI is InChI=1S/C13H22O2/c1-10(2)15-12-9-11(14)5-8-13(12)6-3-4-7-13/h10,12H,3-9H2,1-2H3. The Morgan fingerprint density at radius 1 is 1.27 bits per heavy atom. The van der Waals surface area contributed by atoms with Crippen LogP contribution in [0.2, 0.25) is 0 Å². The van der Waals surface area contributed by atoms with Crippen LogP contribution in [0, 0.1) is 5.41 Å². The van der Waals surface area contributed by atoms with Crippen LogP contribution in [0.3, 0.4) is 0 Å².